The summed E-state index contributed by atoms with van der Waals surface area (Å²) >= 11 is 0. The molecule has 0 atom stereocenters. The van der Waals surface area contributed by atoms with Gasteiger partial charge in [0, 0.05) is 31.5 Å². The number of pyridine rings is 1. The van der Waals surface area contributed by atoms with E-state index in [1.165, 1.54) is 0 Å². The van der Waals surface area contributed by atoms with Crippen molar-refractivity contribution in [2.24, 2.45) is 0 Å². The van der Waals surface area contributed by atoms with E-state index in [2.05, 4.69) is 22.3 Å². The van der Waals surface area contributed by atoms with Gasteiger partial charge >= 0.3 is 0 Å². The van der Waals surface area contributed by atoms with E-state index in [1.54, 1.807) is 13.3 Å². The van der Waals surface area contributed by atoms with Gasteiger partial charge in [0.15, 0.2) is 0 Å². The van der Waals surface area contributed by atoms with Crippen molar-refractivity contribution in [3.05, 3.63) is 36.3 Å². The first-order valence-corrected chi connectivity index (χ1v) is 5.57. The molecular formula is C12H16N4O. The largest absolute Gasteiger partial charge is 0.481 e. The predicted octanol–water partition coefficient (Wildman–Crippen LogP) is 1.92. The van der Waals surface area contributed by atoms with Gasteiger partial charge in [-0.2, -0.15) is 5.10 Å². The maximum Gasteiger partial charge on any atom is 0.212 e. The molecule has 0 aliphatic heterocycles. The van der Waals surface area contributed by atoms with Gasteiger partial charge in [-0.15, -0.1) is 0 Å². The van der Waals surface area contributed by atoms with Crippen molar-refractivity contribution in [3.8, 4) is 5.88 Å². The fraction of sp³-hybridized carbons (Fsp3) is 0.333. The van der Waals surface area contributed by atoms with Crippen LogP contribution < -0.4 is 10.1 Å². The van der Waals surface area contributed by atoms with Crippen molar-refractivity contribution in [3.63, 3.8) is 0 Å². The summed E-state index contributed by atoms with van der Waals surface area (Å²) in [5.74, 6) is 0.632. The van der Waals surface area contributed by atoms with Crippen LogP contribution in [0.1, 0.15) is 12.5 Å². The lowest BCUT2D eigenvalue weighted by Gasteiger charge is -2.04. The summed E-state index contributed by atoms with van der Waals surface area (Å²) in [5.41, 5.74) is 2.12. The molecule has 2 heterocycles. The zero-order valence-electron chi connectivity index (χ0n) is 10.1. The zero-order valence-corrected chi connectivity index (χ0v) is 10.1. The van der Waals surface area contributed by atoms with Crippen LogP contribution in [0.25, 0.3) is 0 Å². The highest BCUT2D eigenvalue weighted by Crippen LogP contribution is 2.10. The van der Waals surface area contributed by atoms with Crippen molar-refractivity contribution in [2.75, 3.05) is 12.4 Å². The van der Waals surface area contributed by atoms with Gasteiger partial charge < -0.3 is 10.1 Å². The number of aromatic nitrogens is 3. The van der Waals surface area contributed by atoms with E-state index < -0.39 is 0 Å². The summed E-state index contributed by atoms with van der Waals surface area (Å²) in [4.78, 5) is 4.15. The Labute approximate surface area is 100 Å². The zero-order chi connectivity index (χ0) is 12.1. The minimum atomic E-state index is 0.632. The molecule has 0 saturated heterocycles. The quantitative estimate of drug-likeness (QED) is 0.855. The number of hydrogen-bond acceptors (Lipinski definition) is 4. The first-order valence-electron chi connectivity index (χ1n) is 5.57. The van der Waals surface area contributed by atoms with E-state index in [0.717, 1.165) is 24.3 Å². The first kappa shape index (κ1) is 11.4. The van der Waals surface area contributed by atoms with Gasteiger partial charge in [0.2, 0.25) is 5.88 Å². The second-order valence-electron chi connectivity index (χ2n) is 3.65. The third-order valence-corrected chi connectivity index (χ3v) is 2.46. The van der Waals surface area contributed by atoms with E-state index in [1.807, 2.05) is 29.2 Å². The molecule has 0 aromatic carbocycles. The molecule has 17 heavy (non-hydrogen) atoms. The Morgan fingerprint density at radius 2 is 2.24 bits per heavy atom. The molecule has 90 valence electrons. The average molecular weight is 232 g/mol. The lowest BCUT2D eigenvalue weighted by atomic mass is 10.3. The van der Waals surface area contributed by atoms with Gasteiger partial charge in [-0.05, 0) is 12.5 Å². The Morgan fingerprint density at radius 1 is 1.35 bits per heavy atom. The Morgan fingerprint density at radius 3 is 2.82 bits per heavy atom. The van der Waals surface area contributed by atoms with E-state index in [9.17, 15) is 0 Å². The molecule has 0 amide bonds. The standard InChI is InChI=1S/C12H16N4O/c1-3-16-9-11(8-15-16)13-6-10-4-5-12(17-2)14-7-10/h4-5,7-9,13H,3,6H2,1-2H3. The van der Waals surface area contributed by atoms with Crippen LogP contribution >= 0.6 is 0 Å². The molecule has 0 bridgehead atoms. The molecule has 0 radical (unpaired) electrons. The van der Waals surface area contributed by atoms with Crippen LogP contribution in [-0.2, 0) is 13.1 Å². The highest BCUT2D eigenvalue weighted by molar-refractivity contribution is 5.39. The maximum atomic E-state index is 5.00. The molecule has 0 unspecified atom stereocenters. The molecule has 0 aliphatic carbocycles. The lowest BCUT2D eigenvalue weighted by molar-refractivity contribution is 0.397. The van der Waals surface area contributed by atoms with Crippen molar-refractivity contribution in [1.82, 2.24) is 14.8 Å². The fourth-order valence-electron chi connectivity index (χ4n) is 1.47. The number of anilines is 1. The van der Waals surface area contributed by atoms with Crippen LogP contribution in [0.15, 0.2) is 30.7 Å². The van der Waals surface area contributed by atoms with Gasteiger partial charge in [0.25, 0.3) is 0 Å². The molecule has 2 aromatic rings. The summed E-state index contributed by atoms with van der Waals surface area (Å²) < 4.78 is 6.89. The molecule has 0 aliphatic rings. The maximum absolute atomic E-state index is 5.00. The third-order valence-electron chi connectivity index (χ3n) is 2.46. The number of nitrogens with one attached hydrogen (secondary N) is 1. The summed E-state index contributed by atoms with van der Waals surface area (Å²) in [6.45, 7) is 3.67. The number of rotatable bonds is 5. The van der Waals surface area contributed by atoms with Crippen LogP contribution in [-0.4, -0.2) is 21.9 Å². The number of nitrogens with zero attached hydrogens (tertiary/aromatic N) is 3. The molecule has 0 spiro atoms. The Bertz CT molecular complexity index is 464. The normalized spacial score (nSPS) is 10.2. The number of methoxy groups -OCH3 is 1. The summed E-state index contributed by atoms with van der Waals surface area (Å²) in [6, 6.07) is 3.84. The highest BCUT2D eigenvalue weighted by Gasteiger charge is 1.98. The molecular weight excluding hydrogens is 216 g/mol. The van der Waals surface area contributed by atoms with Gasteiger partial charge in [-0.25, -0.2) is 4.98 Å². The number of ether oxygens (including phenoxy) is 1. The molecule has 2 rings (SSSR count). The van der Waals surface area contributed by atoms with Gasteiger partial charge in [0.05, 0.1) is 19.0 Å². The SMILES string of the molecule is CCn1cc(NCc2ccc(OC)nc2)cn1. The van der Waals surface area contributed by atoms with Crippen LogP contribution in [0.3, 0.4) is 0 Å². The van der Waals surface area contributed by atoms with E-state index in [0.29, 0.717) is 5.88 Å². The number of aryl methyl sites for hydroxylation is 1. The number of hydrogen-bond donors (Lipinski definition) is 1. The minimum Gasteiger partial charge on any atom is -0.481 e. The van der Waals surface area contributed by atoms with Crippen molar-refractivity contribution in [1.29, 1.82) is 0 Å². The summed E-state index contributed by atoms with van der Waals surface area (Å²) in [7, 11) is 1.61. The second-order valence-corrected chi connectivity index (χ2v) is 3.65. The van der Waals surface area contributed by atoms with Crippen LogP contribution in [0.5, 0.6) is 5.88 Å². The van der Waals surface area contributed by atoms with Gasteiger partial charge in [-0.3, -0.25) is 4.68 Å². The Kier molecular flexibility index (Phi) is 3.59. The molecule has 1 N–H and O–H groups in total. The molecule has 5 nitrogen and oxygen atoms in total. The second kappa shape index (κ2) is 5.34. The topological polar surface area (TPSA) is 52.0 Å². The highest BCUT2D eigenvalue weighted by atomic mass is 16.5. The van der Waals surface area contributed by atoms with Crippen molar-refractivity contribution >= 4 is 5.69 Å². The molecule has 2 aromatic heterocycles. The van der Waals surface area contributed by atoms with E-state index >= 15 is 0 Å². The van der Waals surface area contributed by atoms with Crippen LogP contribution in [0.4, 0.5) is 5.69 Å². The van der Waals surface area contributed by atoms with Gasteiger partial charge in [-0.1, -0.05) is 6.07 Å². The summed E-state index contributed by atoms with van der Waals surface area (Å²) in [5, 5.41) is 7.48. The first-order chi connectivity index (χ1) is 8.31. The van der Waals surface area contributed by atoms with Gasteiger partial charge in [0.1, 0.15) is 0 Å². The monoisotopic (exact) mass is 232 g/mol. The molecule has 0 saturated carbocycles. The van der Waals surface area contributed by atoms with E-state index in [4.69, 9.17) is 4.74 Å². The van der Waals surface area contributed by atoms with Crippen molar-refractivity contribution < 1.29 is 4.74 Å². The third kappa shape index (κ3) is 2.96. The van der Waals surface area contributed by atoms with Crippen molar-refractivity contribution in [2.45, 2.75) is 20.0 Å². The average Bonchev–Trinajstić information content (AvgIpc) is 2.85. The fourth-order valence-corrected chi connectivity index (χ4v) is 1.47. The Hall–Kier alpha value is -2.04. The lowest BCUT2D eigenvalue weighted by Crippen LogP contribution is -1.99. The predicted molar refractivity (Wildman–Crippen MR) is 66.0 cm³/mol. The minimum absolute atomic E-state index is 0.632. The van der Waals surface area contributed by atoms with Crippen LogP contribution in [0.2, 0.25) is 0 Å². The Balaban J connectivity index is 1.92. The van der Waals surface area contributed by atoms with E-state index in [-0.39, 0.29) is 0 Å². The van der Waals surface area contributed by atoms with Crippen LogP contribution in [0, 0.1) is 0 Å². The molecule has 0 fully saturated rings. The molecule has 5 heteroatoms. The summed E-state index contributed by atoms with van der Waals surface area (Å²) in [6.07, 6.45) is 5.60. The smallest absolute Gasteiger partial charge is 0.212 e.